The predicted octanol–water partition coefficient (Wildman–Crippen LogP) is 4.73. The van der Waals surface area contributed by atoms with Crippen molar-refractivity contribution in [1.29, 1.82) is 0 Å². The van der Waals surface area contributed by atoms with Crippen LogP contribution in [0.5, 0.6) is 5.75 Å². The summed E-state index contributed by atoms with van der Waals surface area (Å²) in [5.41, 5.74) is 9.00. The molecule has 3 heteroatoms. The van der Waals surface area contributed by atoms with Gasteiger partial charge in [0.15, 0.2) is 0 Å². The molecule has 2 nitrogen and oxygen atoms in total. The van der Waals surface area contributed by atoms with Crippen molar-refractivity contribution in [3.63, 3.8) is 0 Å². The molecule has 0 heterocycles. The fourth-order valence-corrected chi connectivity index (χ4v) is 2.18. The Hall–Kier alpha value is -1.48. The van der Waals surface area contributed by atoms with E-state index in [9.17, 15) is 0 Å². The smallest absolute Gasteiger partial charge is 0.136 e. The summed E-state index contributed by atoms with van der Waals surface area (Å²) in [5, 5.41) is 0. The van der Waals surface area contributed by atoms with Gasteiger partial charge >= 0.3 is 0 Å². The Morgan fingerprint density at radius 1 is 1.11 bits per heavy atom. The molecule has 2 N–H and O–H groups in total. The average molecular weight is 320 g/mol. The summed E-state index contributed by atoms with van der Waals surface area (Å²) in [6, 6.07) is 14.1. The lowest BCUT2D eigenvalue weighted by Crippen LogP contribution is -1.98. The van der Waals surface area contributed by atoms with Gasteiger partial charge in [0.25, 0.3) is 0 Å². The lowest BCUT2D eigenvalue weighted by atomic mass is 10.0. The van der Waals surface area contributed by atoms with Crippen molar-refractivity contribution in [1.82, 2.24) is 0 Å². The highest BCUT2D eigenvalue weighted by Crippen LogP contribution is 2.30. The normalized spacial score (nSPS) is 10.7. The molecule has 0 aliphatic heterocycles. The molecule has 0 fully saturated rings. The zero-order chi connectivity index (χ0) is 13.8. The summed E-state index contributed by atoms with van der Waals surface area (Å²) in [5.74, 6) is 1.32. The predicted molar refractivity (Wildman–Crippen MR) is 83.4 cm³/mol. The number of nitrogen functional groups attached to an aromatic ring is 1. The fourth-order valence-electron chi connectivity index (χ4n) is 1.80. The van der Waals surface area contributed by atoms with Crippen LogP contribution in [0.1, 0.15) is 30.9 Å². The van der Waals surface area contributed by atoms with E-state index in [4.69, 9.17) is 10.5 Å². The second-order valence-corrected chi connectivity index (χ2v) is 5.64. The number of nitrogens with two attached hydrogens (primary N) is 1. The van der Waals surface area contributed by atoms with Gasteiger partial charge in [0.05, 0.1) is 4.47 Å². The summed E-state index contributed by atoms with van der Waals surface area (Å²) in [6.07, 6.45) is 0. The van der Waals surface area contributed by atoms with Gasteiger partial charge in [-0.3, -0.25) is 0 Å². The first-order valence-corrected chi connectivity index (χ1v) is 7.13. The Kier molecular flexibility index (Phi) is 4.48. The zero-order valence-electron chi connectivity index (χ0n) is 11.2. The first kappa shape index (κ1) is 13.9. The van der Waals surface area contributed by atoms with Crippen LogP contribution in [-0.2, 0) is 6.61 Å². The summed E-state index contributed by atoms with van der Waals surface area (Å²) < 4.78 is 6.59. The highest BCUT2D eigenvalue weighted by molar-refractivity contribution is 9.10. The molecule has 0 aromatic heterocycles. The third kappa shape index (κ3) is 3.51. The minimum atomic E-state index is 0.542. The van der Waals surface area contributed by atoms with Crippen LogP contribution < -0.4 is 10.5 Å². The lowest BCUT2D eigenvalue weighted by molar-refractivity contribution is 0.304. The van der Waals surface area contributed by atoms with Gasteiger partial charge < -0.3 is 10.5 Å². The Morgan fingerprint density at radius 3 is 2.42 bits per heavy atom. The number of benzene rings is 2. The molecule has 0 atom stereocenters. The Bertz CT molecular complexity index is 549. The van der Waals surface area contributed by atoms with Crippen molar-refractivity contribution in [2.24, 2.45) is 0 Å². The van der Waals surface area contributed by atoms with Gasteiger partial charge in [-0.1, -0.05) is 44.2 Å². The van der Waals surface area contributed by atoms with Crippen molar-refractivity contribution in [3.8, 4) is 5.75 Å². The van der Waals surface area contributed by atoms with Gasteiger partial charge in [-0.15, -0.1) is 0 Å². The van der Waals surface area contributed by atoms with E-state index in [0.717, 1.165) is 15.8 Å². The van der Waals surface area contributed by atoms with Crippen LogP contribution in [0.3, 0.4) is 0 Å². The largest absolute Gasteiger partial charge is 0.488 e. The summed E-state index contributed by atoms with van der Waals surface area (Å²) >= 11 is 3.43. The zero-order valence-corrected chi connectivity index (χ0v) is 12.8. The second-order valence-electron chi connectivity index (χ2n) is 4.84. The van der Waals surface area contributed by atoms with Gasteiger partial charge in [-0.25, -0.2) is 0 Å². The molecule has 0 amide bonds. The number of halogens is 1. The number of hydrogen-bond donors (Lipinski definition) is 1. The SMILES string of the molecule is CC(C)c1ccc(COc2cccc(N)c2Br)cc1. The van der Waals surface area contributed by atoms with Gasteiger partial charge in [0, 0.05) is 5.69 Å². The van der Waals surface area contributed by atoms with E-state index >= 15 is 0 Å². The van der Waals surface area contributed by atoms with Crippen LogP contribution in [0.4, 0.5) is 5.69 Å². The van der Waals surface area contributed by atoms with Gasteiger partial charge in [-0.2, -0.15) is 0 Å². The molecule has 2 aromatic carbocycles. The third-order valence-corrected chi connectivity index (χ3v) is 3.88. The minimum Gasteiger partial charge on any atom is -0.488 e. The lowest BCUT2D eigenvalue weighted by Gasteiger charge is -2.11. The Balaban J connectivity index is 2.04. The van der Waals surface area contributed by atoms with E-state index in [-0.39, 0.29) is 0 Å². The Labute approximate surface area is 122 Å². The molecule has 0 unspecified atom stereocenters. The van der Waals surface area contributed by atoms with E-state index in [1.54, 1.807) is 0 Å². The van der Waals surface area contributed by atoms with E-state index in [2.05, 4.69) is 54.0 Å². The van der Waals surface area contributed by atoms with Crippen LogP contribution in [-0.4, -0.2) is 0 Å². The van der Waals surface area contributed by atoms with Crippen LogP contribution >= 0.6 is 15.9 Å². The minimum absolute atomic E-state index is 0.542. The first-order valence-electron chi connectivity index (χ1n) is 6.33. The molecule has 2 rings (SSSR count). The van der Waals surface area contributed by atoms with Gasteiger partial charge in [0.2, 0.25) is 0 Å². The quantitative estimate of drug-likeness (QED) is 0.826. The molecule has 2 aromatic rings. The standard InChI is InChI=1S/C16H18BrNO/c1-11(2)13-8-6-12(7-9-13)10-19-15-5-3-4-14(18)16(15)17/h3-9,11H,10,18H2,1-2H3. The maximum absolute atomic E-state index is 5.82. The molecule has 0 bridgehead atoms. The molecule has 0 saturated heterocycles. The molecule has 0 aliphatic carbocycles. The number of hydrogen-bond acceptors (Lipinski definition) is 2. The summed E-state index contributed by atoms with van der Waals surface area (Å²) in [6.45, 7) is 4.92. The van der Waals surface area contributed by atoms with Crippen molar-refractivity contribution >= 4 is 21.6 Å². The molecule has 0 aliphatic rings. The van der Waals surface area contributed by atoms with Crippen molar-refractivity contribution in [3.05, 3.63) is 58.1 Å². The highest BCUT2D eigenvalue weighted by atomic mass is 79.9. The molecular formula is C16H18BrNO. The van der Waals surface area contributed by atoms with Gasteiger partial charge in [-0.05, 0) is 45.1 Å². The van der Waals surface area contributed by atoms with Crippen LogP contribution in [0.15, 0.2) is 46.9 Å². The van der Waals surface area contributed by atoms with Crippen molar-refractivity contribution in [2.45, 2.75) is 26.4 Å². The molecular weight excluding hydrogens is 302 g/mol. The molecule has 0 saturated carbocycles. The van der Waals surface area contributed by atoms with Crippen molar-refractivity contribution < 1.29 is 4.74 Å². The fraction of sp³-hybridized carbons (Fsp3) is 0.250. The van der Waals surface area contributed by atoms with E-state index in [1.165, 1.54) is 5.56 Å². The highest BCUT2D eigenvalue weighted by Gasteiger charge is 2.05. The number of rotatable bonds is 4. The maximum Gasteiger partial charge on any atom is 0.136 e. The number of anilines is 1. The van der Waals surface area contributed by atoms with Crippen LogP contribution in [0, 0.1) is 0 Å². The topological polar surface area (TPSA) is 35.2 Å². The maximum atomic E-state index is 5.82. The molecule has 100 valence electrons. The van der Waals surface area contributed by atoms with E-state index in [0.29, 0.717) is 18.2 Å². The van der Waals surface area contributed by atoms with Gasteiger partial charge in [0.1, 0.15) is 12.4 Å². The monoisotopic (exact) mass is 319 g/mol. The number of ether oxygens (including phenoxy) is 1. The molecule has 0 radical (unpaired) electrons. The second kappa shape index (κ2) is 6.11. The molecule has 0 spiro atoms. The van der Waals surface area contributed by atoms with Crippen molar-refractivity contribution in [2.75, 3.05) is 5.73 Å². The molecule has 19 heavy (non-hydrogen) atoms. The average Bonchev–Trinajstić information content (AvgIpc) is 2.41. The third-order valence-electron chi connectivity index (χ3n) is 3.03. The summed E-state index contributed by atoms with van der Waals surface area (Å²) in [4.78, 5) is 0. The van der Waals surface area contributed by atoms with Crippen LogP contribution in [0.2, 0.25) is 0 Å². The summed E-state index contributed by atoms with van der Waals surface area (Å²) in [7, 11) is 0. The van der Waals surface area contributed by atoms with E-state index < -0.39 is 0 Å². The van der Waals surface area contributed by atoms with E-state index in [1.807, 2.05) is 18.2 Å². The first-order chi connectivity index (χ1) is 9.08. The Morgan fingerprint density at radius 2 is 1.79 bits per heavy atom. The van der Waals surface area contributed by atoms with Crippen LogP contribution in [0.25, 0.3) is 0 Å².